The van der Waals surface area contributed by atoms with E-state index in [4.69, 9.17) is 5.26 Å². The summed E-state index contributed by atoms with van der Waals surface area (Å²) in [6.07, 6.45) is 1.67. The van der Waals surface area contributed by atoms with Gasteiger partial charge in [-0.15, -0.1) is 0 Å². The average Bonchev–Trinajstić information content (AvgIpc) is 2.41. The van der Waals surface area contributed by atoms with Crippen molar-refractivity contribution in [1.29, 1.82) is 5.26 Å². The van der Waals surface area contributed by atoms with E-state index in [2.05, 4.69) is 6.07 Å². The van der Waals surface area contributed by atoms with E-state index < -0.39 is 0 Å². The molecule has 0 radical (unpaired) electrons. The molecule has 0 amide bonds. The standard InChI is InChI=1S/C14H11BN2O2/c15-14(19)10-4-5-11(12(7-10)8-16)9-17-6-2-1-3-13(17)18/h1-7H,9,15H2. The summed E-state index contributed by atoms with van der Waals surface area (Å²) in [6.45, 7) is 0.320. The maximum atomic E-state index is 11.6. The smallest absolute Gasteiger partial charge is 0.250 e. The van der Waals surface area contributed by atoms with Crippen LogP contribution in [-0.2, 0) is 6.54 Å². The van der Waals surface area contributed by atoms with Gasteiger partial charge < -0.3 is 9.36 Å². The van der Waals surface area contributed by atoms with Crippen LogP contribution in [0.5, 0.6) is 0 Å². The summed E-state index contributed by atoms with van der Waals surface area (Å²) < 4.78 is 1.52. The lowest BCUT2D eigenvalue weighted by Gasteiger charge is -2.08. The number of carbonyl (C=O) groups excluding carboxylic acids is 1. The van der Waals surface area contributed by atoms with Crippen molar-refractivity contribution in [2.45, 2.75) is 6.54 Å². The summed E-state index contributed by atoms with van der Waals surface area (Å²) in [5.41, 5.74) is 1.44. The molecule has 2 rings (SSSR count). The summed E-state index contributed by atoms with van der Waals surface area (Å²) >= 11 is 0. The van der Waals surface area contributed by atoms with Crippen LogP contribution < -0.4 is 5.56 Å². The molecular formula is C14H11BN2O2. The third kappa shape index (κ3) is 2.80. The molecule has 0 bridgehead atoms. The van der Waals surface area contributed by atoms with Gasteiger partial charge in [0.15, 0.2) is 7.85 Å². The van der Waals surface area contributed by atoms with E-state index in [9.17, 15) is 9.59 Å². The van der Waals surface area contributed by atoms with Crippen LogP contribution in [0.1, 0.15) is 21.5 Å². The molecular weight excluding hydrogens is 239 g/mol. The number of nitrogens with zero attached hydrogens (tertiary/aromatic N) is 2. The molecule has 0 aliphatic rings. The predicted molar refractivity (Wildman–Crippen MR) is 73.8 cm³/mol. The lowest BCUT2D eigenvalue weighted by atomic mass is 9.92. The van der Waals surface area contributed by atoms with Gasteiger partial charge in [-0.25, -0.2) is 0 Å². The monoisotopic (exact) mass is 250 g/mol. The third-order valence-electron chi connectivity index (χ3n) is 2.88. The number of rotatable bonds is 3. The number of hydrogen-bond donors (Lipinski definition) is 0. The average molecular weight is 250 g/mol. The summed E-state index contributed by atoms with van der Waals surface area (Å²) in [5.74, 6) is 0. The Labute approximate surface area is 111 Å². The zero-order chi connectivity index (χ0) is 13.8. The van der Waals surface area contributed by atoms with Gasteiger partial charge >= 0.3 is 0 Å². The topological polar surface area (TPSA) is 62.9 Å². The number of nitriles is 1. The van der Waals surface area contributed by atoms with Crippen LogP contribution in [0, 0.1) is 11.3 Å². The fourth-order valence-electron chi connectivity index (χ4n) is 1.81. The molecule has 0 saturated heterocycles. The van der Waals surface area contributed by atoms with Crippen molar-refractivity contribution in [2.75, 3.05) is 0 Å². The molecule has 2 aromatic rings. The maximum Gasteiger partial charge on any atom is 0.250 e. The predicted octanol–water partition coefficient (Wildman–Crippen LogP) is 0.542. The number of benzene rings is 1. The largest absolute Gasteiger partial charge is 0.311 e. The Balaban J connectivity index is 2.42. The quantitative estimate of drug-likeness (QED) is 0.747. The Morgan fingerprint density at radius 3 is 2.74 bits per heavy atom. The van der Waals surface area contributed by atoms with Crippen molar-refractivity contribution in [3.05, 3.63) is 69.6 Å². The van der Waals surface area contributed by atoms with Gasteiger partial charge in [-0.1, -0.05) is 18.2 Å². The Hall–Kier alpha value is -2.61. The SMILES string of the molecule is BC(=O)c1ccc(Cn2ccccc2=O)c(C#N)c1. The van der Waals surface area contributed by atoms with Gasteiger partial charge in [0, 0.05) is 17.8 Å². The van der Waals surface area contributed by atoms with Crippen molar-refractivity contribution in [3.63, 3.8) is 0 Å². The van der Waals surface area contributed by atoms with E-state index in [-0.39, 0.29) is 11.2 Å². The van der Waals surface area contributed by atoms with E-state index in [1.165, 1.54) is 18.5 Å². The summed E-state index contributed by atoms with van der Waals surface area (Å²) in [6, 6.07) is 11.9. The summed E-state index contributed by atoms with van der Waals surface area (Å²) in [7, 11) is 1.46. The molecule has 1 aromatic carbocycles. The fraction of sp³-hybridized carbons (Fsp3) is 0.0714. The Bertz CT molecular complexity index is 729. The van der Waals surface area contributed by atoms with Gasteiger partial charge in [0.05, 0.1) is 18.2 Å². The van der Waals surface area contributed by atoms with Crippen LogP contribution in [0.3, 0.4) is 0 Å². The molecule has 5 heteroatoms. The second-order valence-corrected chi connectivity index (χ2v) is 4.21. The van der Waals surface area contributed by atoms with Gasteiger partial charge in [0.1, 0.15) is 5.68 Å². The number of carbonyl (C=O) groups is 1. The van der Waals surface area contributed by atoms with Crippen molar-refractivity contribution in [1.82, 2.24) is 4.57 Å². The van der Waals surface area contributed by atoms with Crippen LogP contribution >= 0.6 is 0 Å². The van der Waals surface area contributed by atoms with Gasteiger partial charge in [-0.2, -0.15) is 5.26 Å². The van der Waals surface area contributed by atoms with Gasteiger partial charge in [-0.05, 0) is 17.7 Å². The molecule has 1 aromatic heterocycles. The lowest BCUT2D eigenvalue weighted by Crippen LogP contribution is -2.18. The Kier molecular flexibility index (Phi) is 3.62. The van der Waals surface area contributed by atoms with Crippen LogP contribution in [0.4, 0.5) is 0 Å². The number of pyridine rings is 1. The molecule has 0 fully saturated rings. The molecule has 0 saturated carbocycles. The maximum absolute atomic E-state index is 11.6. The Morgan fingerprint density at radius 2 is 2.11 bits per heavy atom. The first-order chi connectivity index (χ1) is 9.11. The number of aromatic nitrogens is 1. The molecule has 0 atom stereocenters. The Morgan fingerprint density at radius 1 is 1.32 bits per heavy atom. The van der Waals surface area contributed by atoms with Crippen molar-refractivity contribution in [2.24, 2.45) is 0 Å². The lowest BCUT2D eigenvalue weighted by molar-refractivity contribution is 0.108. The van der Waals surface area contributed by atoms with Crippen LogP contribution in [0.25, 0.3) is 0 Å². The fourth-order valence-corrected chi connectivity index (χ4v) is 1.81. The van der Waals surface area contributed by atoms with Gasteiger partial charge in [0.2, 0.25) is 0 Å². The molecule has 0 spiro atoms. The van der Waals surface area contributed by atoms with Crippen molar-refractivity contribution < 1.29 is 4.79 Å². The van der Waals surface area contributed by atoms with E-state index >= 15 is 0 Å². The third-order valence-corrected chi connectivity index (χ3v) is 2.88. The second kappa shape index (κ2) is 5.36. The number of hydrogen-bond acceptors (Lipinski definition) is 3. The van der Waals surface area contributed by atoms with Crippen LogP contribution in [-0.4, -0.2) is 18.1 Å². The minimum atomic E-state index is -0.123. The zero-order valence-electron chi connectivity index (χ0n) is 10.5. The van der Waals surface area contributed by atoms with Gasteiger partial charge in [0.25, 0.3) is 5.56 Å². The van der Waals surface area contributed by atoms with Gasteiger partial charge in [-0.3, -0.25) is 4.79 Å². The molecule has 4 nitrogen and oxygen atoms in total. The molecule has 0 aliphatic carbocycles. The van der Waals surface area contributed by atoms with Crippen LogP contribution in [0.15, 0.2) is 47.4 Å². The van der Waals surface area contributed by atoms with E-state index in [0.717, 1.165) is 5.56 Å². The van der Waals surface area contributed by atoms with E-state index in [1.54, 1.807) is 36.5 Å². The van der Waals surface area contributed by atoms with E-state index in [0.29, 0.717) is 17.7 Å². The first kappa shape index (κ1) is 12.8. The summed E-state index contributed by atoms with van der Waals surface area (Å²) in [4.78, 5) is 22.9. The van der Waals surface area contributed by atoms with E-state index in [1.807, 2.05) is 0 Å². The molecule has 1 heterocycles. The molecule has 0 aliphatic heterocycles. The molecule has 0 unspecified atom stereocenters. The highest BCUT2D eigenvalue weighted by atomic mass is 16.1. The van der Waals surface area contributed by atoms with Crippen molar-refractivity contribution in [3.8, 4) is 6.07 Å². The first-order valence-electron chi connectivity index (χ1n) is 5.81. The molecule has 0 N–H and O–H groups in total. The zero-order valence-corrected chi connectivity index (χ0v) is 10.5. The highest BCUT2D eigenvalue weighted by molar-refractivity contribution is 6.62. The highest BCUT2D eigenvalue weighted by Gasteiger charge is 2.07. The molecule has 19 heavy (non-hydrogen) atoms. The van der Waals surface area contributed by atoms with Crippen LogP contribution in [0.2, 0.25) is 0 Å². The second-order valence-electron chi connectivity index (χ2n) is 4.21. The normalized spacial score (nSPS) is 9.84. The minimum Gasteiger partial charge on any atom is -0.311 e. The van der Waals surface area contributed by atoms with Crippen molar-refractivity contribution >= 4 is 13.5 Å². The first-order valence-corrected chi connectivity index (χ1v) is 5.81. The highest BCUT2D eigenvalue weighted by Crippen LogP contribution is 2.12. The summed E-state index contributed by atoms with van der Waals surface area (Å²) in [5, 5.41) is 9.12. The molecule has 92 valence electrons. The minimum absolute atomic E-state index is 0.0834.